The number of nitro groups is 1. The van der Waals surface area contributed by atoms with Gasteiger partial charge in [-0.1, -0.05) is 6.92 Å². The molecule has 0 aliphatic rings. The molecule has 0 saturated heterocycles. The summed E-state index contributed by atoms with van der Waals surface area (Å²) in [5.41, 5.74) is -0.672. The van der Waals surface area contributed by atoms with E-state index in [1.165, 1.54) is 6.92 Å². The third-order valence-corrected chi connectivity index (χ3v) is 4.27. The van der Waals surface area contributed by atoms with Crippen molar-refractivity contribution < 1.29 is 22.9 Å². The number of ether oxygens (including phenoxy) is 1. The Morgan fingerprint density at radius 3 is 2.48 bits per heavy atom. The van der Waals surface area contributed by atoms with Crippen LogP contribution in [0.3, 0.4) is 0 Å². The maximum Gasteiger partial charge on any atom is 0.338 e. The predicted molar refractivity (Wildman–Crippen MR) is 76.0 cm³/mol. The van der Waals surface area contributed by atoms with E-state index in [0.29, 0.717) is 6.42 Å². The fraction of sp³-hybridized carbons (Fsp3) is 0.417. The van der Waals surface area contributed by atoms with Gasteiger partial charge in [-0.25, -0.2) is 13.2 Å². The minimum atomic E-state index is -4.21. The summed E-state index contributed by atoms with van der Waals surface area (Å²) in [7, 11) is 0.989. The molecule has 0 aliphatic heterocycles. The molecule has 0 bridgehead atoms. The predicted octanol–water partition coefficient (Wildman–Crippen LogP) is 2.79. The Morgan fingerprint density at radius 1 is 1.48 bits per heavy atom. The lowest BCUT2D eigenvalue weighted by atomic mass is 10.1. The summed E-state index contributed by atoms with van der Waals surface area (Å²) in [6.45, 7) is 4.80. The molecule has 0 spiro atoms. The first-order valence-corrected chi connectivity index (χ1v) is 8.33. The monoisotopic (exact) mass is 335 g/mol. The zero-order chi connectivity index (χ0) is 16.4. The number of halogens is 1. The van der Waals surface area contributed by atoms with Gasteiger partial charge < -0.3 is 4.74 Å². The first kappa shape index (κ1) is 17.4. The van der Waals surface area contributed by atoms with Gasteiger partial charge in [0.2, 0.25) is 0 Å². The molecule has 9 heteroatoms. The summed E-state index contributed by atoms with van der Waals surface area (Å²) in [4.78, 5) is 21.7. The van der Waals surface area contributed by atoms with Crippen molar-refractivity contribution in [3.05, 3.63) is 33.4 Å². The molecular weight excluding hydrogens is 322 g/mol. The first-order valence-electron chi connectivity index (χ1n) is 6.02. The SMILES string of the molecule is CCC(C)OC(=O)c1cc(S(=O)(=O)Cl)cc([N+](=O)[O-])c1C. The second-order valence-electron chi connectivity index (χ2n) is 4.43. The maximum atomic E-state index is 12.0. The molecule has 1 aromatic rings. The number of esters is 1. The van der Waals surface area contributed by atoms with Crippen LogP contribution in [0.5, 0.6) is 0 Å². The van der Waals surface area contributed by atoms with Crippen LogP contribution in [-0.2, 0) is 13.8 Å². The molecule has 1 aromatic carbocycles. The number of carbonyl (C=O) groups is 1. The van der Waals surface area contributed by atoms with E-state index in [-0.39, 0.29) is 11.1 Å². The van der Waals surface area contributed by atoms with E-state index in [1.807, 2.05) is 0 Å². The average Bonchev–Trinajstić information content (AvgIpc) is 2.36. The summed E-state index contributed by atoms with van der Waals surface area (Å²) >= 11 is 0. The van der Waals surface area contributed by atoms with E-state index in [2.05, 4.69) is 0 Å². The van der Waals surface area contributed by atoms with Gasteiger partial charge in [-0.3, -0.25) is 10.1 Å². The van der Waals surface area contributed by atoms with E-state index in [4.69, 9.17) is 15.4 Å². The third-order valence-electron chi connectivity index (χ3n) is 2.94. The topological polar surface area (TPSA) is 104 Å². The lowest BCUT2D eigenvalue weighted by molar-refractivity contribution is -0.385. The molecule has 0 radical (unpaired) electrons. The summed E-state index contributed by atoms with van der Waals surface area (Å²) in [6, 6.07) is 1.80. The fourth-order valence-corrected chi connectivity index (χ4v) is 2.32. The second-order valence-corrected chi connectivity index (χ2v) is 7.00. The Bertz CT molecular complexity index is 685. The lowest BCUT2D eigenvalue weighted by Crippen LogP contribution is -2.16. The number of nitro benzene ring substituents is 1. The Morgan fingerprint density at radius 2 is 2.05 bits per heavy atom. The van der Waals surface area contributed by atoms with E-state index in [1.54, 1.807) is 13.8 Å². The third kappa shape index (κ3) is 4.15. The molecule has 0 aromatic heterocycles. The summed E-state index contributed by atoms with van der Waals surface area (Å²) in [5.74, 6) is -0.827. The first-order chi connectivity index (χ1) is 9.57. The highest BCUT2D eigenvalue weighted by Crippen LogP contribution is 2.28. The Balaban J connectivity index is 3.47. The zero-order valence-electron chi connectivity index (χ0n) is 11.6. The largest absolute Gasteiger partial charge is 0.459 e. The molecule has 7 nitrogen and oxygen atoms in total. The van der Waals surface area contributed by atoms with Gasteiger partial charge in [0.1, 0.15) is 0 Å². The van der Waals surface area contributed by atoms with Gasteiger partial charge in [0.25, 0.3) is 14.7 Å². The van der Waals surface area contributed by atoms with Crippen molar-refractivity contribution in [3.8, 4) is 0 Å². The number of hydrogen-bond acceptors (Lipinski definition) is 6. The number of carbonyl (C=O) groups excluding carboxylic acids is 1. The van der Waals surface area contributed by atoms with Crippen LogP contribution in [-0.4, -0.2) is 25.4 Å². The molecule has 1 atom stereocenters. The normalized spacial score (nSPS) is 12.8. The van der Waals surface area contributed by atoms with Crippen LogP contribution >= 0.6 is 10.7 Å². The van der Waals surface area contributed by atoms with Crippen LogP contribution in [0.25, 0.3) is 0 Å². The van der Waals surface area contributed by atoms with Gasteiger partial charge in [0, 0.05) is 22.3 Å². The number of hydrogen-bond donors (Lipinski definition) is 0. The van der Waals surface area contributed by atoms with Gasteiger partial charge in [0.05, 0.1) is 21.5 Å². The summed E-state index contributed by atoms with van der Waals surface area (Å²) in [5, 5.41) is 11.0. The molecule has 0 amide bonds. The maximum absolute atomic E-state index is 12.0. The molecule has 116 valence electrons. The van der Waals surface area contributed by atoms with E-state index in [0.717, 1.165) is 12.1 Å². The van der Waals surface area contributed by atoms with Crippen molar-refractivity contribution in [3.63, 3.8) is 0 Å². The highest BCUT2D eigenvalue weighted by molar-refractivity contribution is 8.13. The Labute approximate surface area is 126 Å². The van der Waals surface area contributed by atoms with E-state index < -0.39 is 36.6 Å². The molecular formula is C12H14ClNO6S. The van der Waals surface area contributed by atoms with Gasteiger partial charge in [-0.15, -0.1) is 0 Å². The van der Waals surface area contributed by atoms with Crippen LogP contribution in [0.2, 0.25) is 0 Å². The van der Waals surface area contributed by atoms with Gasteiger partial charge in [-0.2, -0.15) is 0 Å². The standard InChI is InChI=1S/C12H14ClNO6S/c1-4-7(2)20-12(15)10-5-9(21(13,18)19)6-11(8(10)3)14(16)17/h5-7H,4H2,1-3H3. The minimum Gasteiger partial charge on any atom is -0.459 e. The number of rotatable bonds is 5. The molecule has 0 N–H and O–H groups in total. The molecule has 1 rings (SSSR count). The van der Waals surface area contributed by atoms with Crippen molar-refractivity contribution >= 4 is 31.4 Å². The Hall–Kier alpha value is -1.67. The Kier molecular flexibility index (Phi) is 5.30. The molecule has 21 heavy (non-hydrogen) atoms. The summed E-state index contributed by atoms with van der Waals surface area (Å²) in [6.07, 6.45) is 0.160. The molecule has 1 unspecified atom stereocenters. The van der Waals surface area contributed by atoms with Crippen LogP contribution in [0.4, 0.5) is 5.69 Å². The zero-order valence-corrected chi connectivity index (χ0v) is 13.2. The second kappa shape index (κ2) is 6.40. The molecule has 0 aliphatic carbocycles. The average molecular weight is 336 g/mol. The highest BCUT2D eigenvalue weighted by atomic mass is 35.7. The number of benzene rings is 1. The van der Waals surface area contributed by atoms with E-state index in [9.17, 15) is 23.3 Å². The van der Waals surface area contributed by atoms with Crippen LogP contribution in [0.1, 0.15) is 36.2 Å². The van der Waals surface area contributed by atoms with Gasteiger partial charge >= 0.3 is 5.97 Å². The van der Waals surface area contributed by atoms with E-state index >= 15 is 0 Å². The quantitative estimate of drug-likeness (QED) is 0.354. The van der Waals surface area contributed by atoms with Crippen LogP contribution in [0, 0.1) is 17.0 Å². The van der Waals surface area contributed by atoms with Crippen LogP contribution < -0.4 is 0 Å². The van der Waals surface area contributed by atoms with Gasteiger partial charge in [0.15, 0.2) is 0 Å². The minimum absolute atomic E-state index is 0.0253. The molecule has 0 fully saturated rings. The van der Waals surface area contributed by atoms with Crippen molar-refractivity contribution in [2.24, 2.45) is 0 Å². The molecule has 0 heterocycles. The smallest absolute Gasteiger partial charge is 0.338 e. The fourth-order valence-electron chi connectivity index (χ4n) is 1.55. The van der Waals surface area contributed by atoms with Crippen molar-refractivity contribution in [2.75, 3.05) is 0 Å². The van der Waals surface area contributed by atoms with Gasteiger partial charge in [-0.05, 0) is 26.3 Å². The summed E-state index contributed by atoms with van der Waals surface area (Å²) < 4.78 is 27.8. The number of nitrogens with zero attached hydrogens (tertiary/aromatic N) is 1. The van der Waals surface area contributed by atoms with Crippen molar-refractivity contribution in [1.82, 2.24) is 0 Å². The molecule has 0 saturated carbocycles. The highest BCUT2D eigenvalue weighted by Gasteiger charge is 2.25. The van der Waals surface area contributed by atoms with Crippen molar-refractivity contribution in [2.45, 2.75) is 38.2 Å². The van der Waals surface area contributed by atoms with Crippen molar-refractivity contribution in [1.29, 1.82) is 0 Å². The lowest BCUT2D eigenvalue weighted by Gasteiger charge is -2.13. The van der Waals surface area contributed by atoms with Crippen LogP contribution in [0.15, 0.2) is 17.0 Å².